The van der Waals surface area contributed by atoms with Gasteiger partial charge in [-0.05, 0) is 18.4 Å². The number of aromatic nitrogens is 2. The molecule has 2 aliphatic rings. The molecule has 0 radical (unpaired) electrons. The highest BCUT2D eigenvalue weighted by Gasteiger charge is 2.35. The van der Waals surface area contributed by atoms with E-state index < -0.39 is 0 Å². The van der Waals surface area contributed by atoms with Crippen molar-refractivity contribution in [2.24, 2.45) is 5.92 Å². The van der Waals surface area contributed by atoms with Crippen molar-refractivity contribution in [2.45, 2.75) is 18.9 Å². The third-order valence-electron chi connectivity index (χ3n) is 4.59. The monoisotopic (exact) mass is 325 g/mol. The van der Waals surface area contributed by atoms with Crippen LogP contribution in [0, 0.1) is 5.92 Å². The lowest BCUT2D eigenvalue weighted by atomic mass is 10.0. The van der Waals surface area contributed by atoms with E-state index in [0.717, 1.165) is 35.6 Å². The lowest BCUT2D eigenvalue weighted by Gasteiger charge is -2.27. The molecule has 2 aliphatic heterocycles. The molecule has 1 N–H and O–H groups in total. The average Bonchev–Trinajstić information content (AvgIpc) is 3.35. The zero-order valence-electron chi connectivity index (χ0n) is 12.8. The number of aromatic amines is 1. The first-order valence-electron chi connectivity index (χ1n) is 8.02. The van der Waals surface area contributed by atoms with Crippen molar-refractivity contribution in [2.75, 3.05) is 12.3 Å². The standard InChI is InChI=1S/C18H19N3OS/c22-18(14-9-17(23-12-14)15-10-19-20-11-15)21-8-4-7-16(21)13-5-2-1-3-6-13/h1-3,5-6,9-11,14,16H,4,7-8,12H2,(H,19,20). The van der Waals surface area contributed by atoms with E-state index in [9.17, 15) is 4.79 Å². The second-order valence-corrected chi connectivity index (χ2v) is 7.10. The van der Waals surface area contributed by atoms with Gasteiger partial charge >= 0.3 is 0 Å². The zero-order chi connectivity index (χ0) is 15.6. The molecule has 4 rings (SSSR count). The van der Waals surface area contributed by atoms with Gasteiger partial charge in [0.15, 0.2) is 0 Å². The van der Waals surface area contributed by atoms with Gasteiger partial charge in [0.25, 0.3) is 0 Å². The minimum absolute atomic E-state index is 0.0192. The molecule has 1 fully saturated rings. The van der Waals surface area contributed by atoms with Crippen LogP contribution < -0.4 is 0 Å². The first-order valence-corrected chi connectivity index (χ1v) is 9.00. The summed E-state index contributed by atoms with van der Waals surface area (Å²) in [4.78, 5) is 16.2. The topological polar surface area (TPSA) is 49.0 Å². The maximum absolute atomic E-state index is 13.0. The van der Waals surface area contributed by atoms with Crippen LogP contribution in [0.5, 0.6) is 0 Å². The Balaban J connectivity index is 1.53. The van der Waals surface area contributed by atoms with E-state index >= 15 is 0 Å². The van der Waals surface area contributed by atoms with E-state index in [0.29, 0.717) is 0 Å². The molecule has 3 heterocycles. The number of hydrogen-bond acceptors (Lipinski definition) is 3. The molecular formula is C18H19N3OS. The van der Waals surface area contributed by atoms with Gasteiger partial charge in [0, 0.05) is 29.0 Å². The van der Waals surface area contributed by atoms with E-state index in [1.54, 1.807) is 11.8 Å². The van der Waals surface area contributed by atoms with Crippen LogP contribution in [0.25, 0.3) is 4.91 Å². The Morgan fingerprint density at radius 3 is 2.96 bits per heavy atom. The number of H-pyrrole nitrogens is 1. The minimum atomic E-state index is -0.0192. The van der Waals surface area contributed by atoms with Gasteiger partial charge in [-0.3, -0.25) is 9.89 Å². The highest BCUT2D eigenvalue weighted by atomic mass is 32.2. The van der Waals surface area contributed by atoms with Crippen LogP contribution in [0.2, 0.25) is 0 Å². The molecule has 1 aromatic carbocycles. The van der Waals surface area contributed by atoms with Gasteiger partial charge in [-0.25, -0.2) is 0 Å². The summed E-state index contributed by atoms with van der Waals surface area (Å²) in [5.74, 6) is 1.08. The van der Waals surface area contributed by atoms with Crippen molar-refractivity contribution in [3.8, 4) is 0 Å². The number of nitrogens with one attached hydrogen (secondary N) is 1. The number of rotatable bonds is 3. The Morgan fingerprint density at radius 1 is 1.30 bits per heavy atom. The Kier molecular flexibility index (Phi) is 3.95. The van der Waals surface area contributed by atoms with Crippen LogP contribution in [0.15, 0.2) is 48.8 Å². The van der Waals surface area contributed by atoms with Gasteiger partial charge in [-0.2, -0.15) is 5.10 Å². The molecule has 0 saturated carbocycles. The molecule has 1 saturated heterocycles. The first-order chi connectivity index (χ1) is 11.3. The quantitative estimate of drug-likeness (QED) is 0.940. The summed E-state index contributed by atoms with van der Waals surface area (Å²) in [6.07, 6.45) is 7.96. The van der Waals surface area contributed by atoms with Crippen molar-refractivity contribution >= 4 is 22.6 Å². The Bertz CT molecular complexity index is 711. The van der Waals surface area contributed by atoms with Crippen molar-refractivity contribution in [3.63, 3.8) is 0 Å². The average molecular weight is 325 g/mol. The second kappa shape index (κ2) is 6.24. The number of hydrogen-bond donors (Lipinski definition) is 1. The third kappa shape index (κ3) is 2.81. The van der Waals surface area contributed by atoms with Crippen molar-refractivity contribution in [1.29, 1.82) is 0 Å². The molecule has 0 bridgehead atoms. The summed E-state index contributed by atoms with van der Waals surface area (Å²) in [7, 11) is 0. The highest BCUT2D eigenvalue weighted by molar-refractivity contribution is 8.08. The molecule has 1 aromatic heterocycles. The maximum atomic E-state index is 13.0. The Morgan fingerprint density at radius 2 is 2.17 bits per heavy atom. The predicted molar refractivity (Wildman–Crippen MR) is 92.6 cm³/mol. The van der Waals surface area contributed by atoms with E-state index in [-0.39, 0.29) is 17.9 Å². The van der Waals surface area contributed by atoms with Crippen LogP contribution in [0.1, 0.15) is 30.0 Å². The minimum Gasteiger partial charge on any atom is -0.335 e. The number of carbonyl (C=O) groups is 1. The second-order valence-electron chi connectivity index (χ2n) is 6.04. The first kappa shape index (κ1) is 14.6. The molecule has 118 valence electrons. The van der Waals surface area contributed by atoms with Gasteiger partial charge in [0.2, 0.25) is 5.91 Å². The molecule has 5 heteroatoms. The fraction of sp³-hybridized carbons (Fsp3) is 0.333. The van der Waals surface area contributed by atoms with Crippen molar-refractivity contribution in [3.05, 3.63) is 59.9 Å². The molecule has 2 aromatic rings. The summed E-state index contributed by atoms with van der Waals surface area (Å²) in [5.41, 5.74) is 2.33. The van der Waals surface area contributed by atoms with Crippen LogP contribution in [-0.4, -0.2) is 33.3 Å². The number of thioether (sulfide) groups is 1. The normalized spacial score (nSPS) is 24.0. The number of benzene rings is 1. The van der Waals surface area contributed by atoms with Gasteiger partial charge < -0.3 is 4.90 Å². The van der Waals surface area contributed by atoms with E-state index in [1.165, 1.54) is 5.56 Å². The van der Waals surface area contributed by atoms with E-state index in [1.807, 2.05) is 18.5 Å². The molecular weight excluding hydrogens is 306 g/mol. The predicted octanol–water partition coefficient (Wildman–Crippen LogP) is 3.48. The number of amides is 1. The number of nitrogens with zero attached hydrogens (tertiary/aromatic N) is 2. The van der Waals surface area contributed by atoms with Crippen LogP contribution in [0.4, 0.5) is 0 Å². The maximum Gasteiger partial charge on any atom is 0.230 e. The molecule has 2 unspecified atom stereocenters. The van der Waals surface area contributed by atoms with Crippen molar-refractivity contribution in [1.82, 2.24) is 15.1 Å². The lowest BCUT2D eigenvalue weighted by molar-refractivity contribution is -0.134. The van der Waals surface area contributed by atoms with Crippen LogP contribution >= 0.6 is 11.8 Å². The SMILES string of the molecule is O=C(C1C=C(c2cn[nH]c2)SC1)N1CCCC1c1ccccc1. The number of carbonyl (C=O) groups excluding carboxylic acids is 1. The molecule has 2 atom stereocenters. The fourth-order valence-electron chi connectivity index (χ4n) is 3.43. The summed E-state index contributed by atoms with van der Waals surface area (Å²) < 4.78 is 0. The summed E-state index contributed by atoms with van der Waals surface area (Å²) in [5, 5.41) is 6.83. The van der Waals surface area contributed by atoms with Crippen molar-refractivity contribution < 1.29 is 4.79 Å². The van der Waals surface area contributed by atoms with Gasteiger partial charge in [-0.15, -0.1) is 11.8 Å². The van der Waals surface area contributed by atoms with Crippen LogP contribution in [-0.2, 0) is 4.79 Å². The van der Waals surface area contributed by atoms with Gasteiger partial charge in [-0.1, -0.05) is 36.4 Å². The smallest absolute Gasteiger partial charge is 0.230 e. The largest absolute Gasteiger partial charge is 0.335 e. The third-order valence-corrected chi connectivity index (χ3v) is 5.80. The molecule has 0 aliphatic carbocycles. The Labute approximate surface area is 140 Å². The zero-order valence-corrected chi connectivity index (χ0v) is 13.6. The Hall–Kier alpha value is -2.01. The van der Waals surface area contributed by atoms with Gasteiger partial charge in [0.1, 0.15) is 0 Å². The van der Waals surface area contributed by atoms with E-state index in [4.69, 9.17) is 0 Å². The molecule has 0 spiro atoms. The highest BCUT2D eigenvalue weighted by Crippen LogP contribution is 2.40. The summed E-state index contributed by atoms with van der Waals surface area (Å²) in [6.45, 7) is 0.869. The summed E-state index contributed by atoms with van der Waals surface area (Å²) in [6, 6.07) is 10.6. The molecule has 4 nitrogen and oxygen atoms in total. The molecule has 23 heavy (non-hydrogen) atoms. The van der Waals surface area contributed by atoms with E-state index in [2.05, 4.69) is 45.4 Å². The van der Waals surface area contributed by atoms with Crippen LogP contribution in [0.3, 0.4) is 0 Å². The lowest BCUT2D eigenvalue weighted by Crippen LogP contribution is -2.35. The van der Waals surface area contributed by atoms with Gasteiger partial charge in [0.05, 0.1) is 18.2 Å². The summed E-state index contributed by atoms with van der Waals surface area (Å²) >= 11 is 1.75. The molecule has 1 amide bonds. The number of likely N-dealkylation sites (tertiary alicyclic amines) is 1. The fourth-order valence-corrected chi connectivity index (χ4v) is 4.57.